The van der Waals surface area contributed by atoms with Gasteiger partial charge < -0.3 is 9.84 Å². The van der Waals surface area contributed by atoms with Crippen molar-refractivity contribution in [2.45, 2.75) is 52.6 Å². The lowest BCUT2D eigenvalue weighted by Crippen LogP contribution is -2.47. The van der Waals surface area contributed by atoms with E-state index in [2.05, 4.69) is 0 Å². The van der Waals surface area contributed by atoms with Gasteiger partial charge in [0.1, 0.15) is 14.4 Å². The van der Waals surface area contributed by atoms with Crippen LogP contribution in [0.15, 0.2) is 71.4 Å². The van der Waals surface area contributed by atoms with Crippen LogP contribution in [0.3, 0.4) is 0 Å². The summed E-state index contributed by atoms with van der Waals surface area (Å²) < 4.78 is 5.61. The first-order chi connectivity index (χ1) is 13.7. The summed E-state index contributed by atoms with van der Waals surface area (Å²) in [5.74, 6) is -1.56. The molecule has 154 valence electrons. The number of unbranched alkanes of at least 4 members (excludes halogenated alkanes) is 1. The lowest BCUT2D eigenvalue weighted by molar-refractivity contribution is -0.150. The van der Waals surface area contributed by atoms with Gasteiger partial charge in [0, 0.05) is 10.8 Å². The molecule has 0 unspecified atom stereocenters. The van der Waals surface area contributed by atoms with Crippen LogP contribution in [-0.4, -0.2) is 31.4 Å². The molecule has 0 aliphatic heterocycles. The van der Waals surface area contributed by atoms with E-state index in [-0.39, 0.29) is 5.20 Å². The topological polar surface area (TPSA) is 63.6 Å². The molecule has 0 aliphatic rings. The van der Waals surface area contributed by atoms with Crippen LogP contribution >= 0.6 is 0 Å². The van der Waals surface area contributed by atoms with Crippen LogP contribution in [-0.2, 0) is 14.3 Å². The lowest BCUT2D eigenvalue weighted by atomic mass is 10.1. The van der Waals surface area contributed by atoms with E-state index in [1.807, 2.05) is 67.6 Å². The van der Waals surface area contributed by atoms with Crippen molar-refractivity contribution in [1.29, 1.82) is 0 Å². The Morgan fingerprint density at radius 3 is 1.79 bits per heavy atom. The third kappa shape index (κ3) is 6.43. The summed E-state index contributed by atoms with van der Waals surface area (Å²) in [6.45, 7) is 7.42. The van der Waals surface area contributed by atoms with Crippen molar-refractivity contribution in [2.24, 2.45) is 0 Å². The Balaban J connectivity index is 2.72. The first-order valence-corrected chi connectivity index (χ1v) is 11.8. The fourth-order valence-electron chi connectivity index (χ4n) is 3.28. The number of ether oxygens (including phenoxy) is 1. The quantitative estimate of drug-likeness (QED) is 0.411. The zero-order valence-corrected chi connectivity index (χ0v) is 18.8. The maximum Gasteiger partial charge on any atom is 0.334 e. The van der Waals surface area contributed by atoms with Crippen molar-refractivity contribution in [3.05, 3.63) is 71.4 Å². The van der Waals surface area contributed by atoms with E-state index in [1.54, 1.807) is 20.8 Å². The van der Waals surface area contributed by atoms with Gasteiger partial charge in [-0.15, -0.1) is 0 Å². The van der Waals surface area contributed by atoms with Crippen LogP contribution in [0.4, 0.5) is 0 Å². The van der Waals surface area contributed by atoms with Gasteiger partial charge in [-0.25, -0.2) is 9.59 Å². The van der Waals surface area contributed by atoms with Crippen LogP contribution in [0.1, 0.15) is 47.0 Å². The second-order valence-corrected chi connectivity index (χ2v) is 10.8. The van der Waals surface area contributed by atoms with Crippen LogP contribution < -0.4 is 10.4 Å². The Hall–Kier alpha value is -2.66. The fraction of sp³-hybridized carbons (Fsp3) is 0.333. The summed E-state index contributed by atoms with van der Waals surface area (Å²) in [4.78, 5) is 25.6. The Kier molecular flexibility index (Phi) is 7.97. The largest absolute Gasteiger partial charge is 0.478 e. The van der Waals surface area contributed by atoms with Crippen LogP contribution in [0.2, 0.25) is 0 Å². The Morgan fingerprint density at radius 1 is 0.931 bits per heavy atom. The average molecular weight is 411 g/mol. The van der Waals surface area contributed by atoms with Gasteiger partial charge in [-0.1, -0.05) is 84.4 Å². The molecule has 0 fully saturated rings. The Bertz CT molecular complexity index is 812. The Labute approximate surface area is 174 Å². The minimum absolute atomic E-state index is 0.227. The van der Waals surface area contributed by atoms with E-state index < -0.39 is 26.3 Å². The molecule has 0 aliphatic carbocycles. The predicted molar refractivity (Wildman–Crippen MR) is 119 cm³/mol. The van der Waals surface area contributed by atoms with Crippen molar-refractivity contribution >= 4 is 31.1 Å². The van der Waals surface area contributed by atoms with Gasteiger partial charge in [-0.05, 0) is 33.6 Å². The van der Waals surface area contributed by atoms with Crippen LogP contribution in [0.25, 0.3) is 0 Å². The summed E-state index contributed by atoms with van der Waals surface area (Å²) in [5, 5.41) is 12.4. The van der Waals surface area contributed by atoms with Crippen LogP contribution in [0.5, 0.6) is 0 Å². The highest BCUT2D eigenvalue weighted by atomic mass is 28.3. The van der Waals surface area contributed by atoms with Gasteiger partial charge >= 0.3 is 11.9 Å². The Morgan fingerprint density at radius 2 is 1.41 bits per heavy atom. The van der Waals surface area contributed by atoms with Crippen molar-refractivity contribution in [2.75, 3.05) is 0 Å². The van der Waals surface area contributed by atoms with E-state index in [0.29, 0.717) is 12.0 Å². The molecule has 29 heavy (non-hydrogen) atoms. The number of esters is 1. The molecular formula is C24H30O4Si. The third-order valence-electron chi connectivity index (χ3n) is 4.54. The van der Waals surface area contributed by atoms with Crippen LogP contribution in [0, 0.1) is 0 Å². The molecule has 0 aromatic heterocycles. The first kappa shape index (κ1) is 22.6. The molecule has 5 heteroatoms. The number of rotatable bonds is 8. The first-order valence-electron chi connectivity index (χ1n) is 10.0. The number of carboxylic acid groups (broad SMARTS) is 1. The summed E-state index contributed by atoms with van der Waals surface area (Å²) in [7, 11) is -2.37. The van der Waals surface area contributed by atoms with Gasteiger partial charge in [0.15, 0.2) is 0 Å². The maximum absolute atomic E-state index is 13.1. The van der Waals surface area contributed by atoms with Gasteiger partial charge in [0.25, 0.3) is 0 Å². The lowest BCUT2D eigenvalue weighted by Gasteiger charge is -2.24. The van der Waals surface area contributed by atoms with Gasteiger partial charge in [-0.2, -0.15) is 0 Å². The summed E-state index contributed by atoms with van der Waals surface area (Å²) >= 11 is 0. The molecule has 2 aromatic carbocycles. The normalized spacial score (nSPS) is 12.4. The molecule has 2 aromatic rings. The molecule has 0 atom stereocenters. The van der Waals surface area contributed by atoms with Gasteiger partial charge in [0.2, 0.25) is 0 Å². The fourth-order valence-corrected chi connectivity index (χ4v) is 6.41. The molecule has 1 N–H and O–H groups in total. The number of carbonyl (C=O) groups excluding carboxylic acids is 1. The maximum atomic E-state index is 13.1. The predicted octanol–water partition coefficient (Wildman–Crippen LogP) is 3.48. The second kappa shape index (κ2) is 10.2. The SMILES string of the molecule is CCCC/C(C(=O)OC(C)(C)C)=C(\C(=O)O)[SiH](c1ccccc1)c1ccccc1. The van der Waals surface area contributed by atoms with E-state index in [9.17, 15) is 14.7 Å². The zero-order chi connectivity index (χ0) is 21.4. The monoisotopic (exact) mass is 410 g/mol. The molecule has 0 radical (unpaired) electrons. The van der Waals surface area contributed by atoms with E-state index in [1.165, 1.54) is 0 Å². The highest BCUT2D eigenvalue weighted by molar-refractivity contribution is 6.94. The number of carbonyl (C=O) groups is 2. The summed E-state index contributed by atoms with van der Waals surface area (Å²) in [6.07, 6.45) is 1.99. The van der Waals surface area contributed by atoms with E-state index >= 15 is 0 Å². The number of aliphatic carboxylic acids is 1. The molecule has 0 saturated carbocycles. The molecule has 0 spiro atoms. The molecular weight excluding hydrogens is 380 g/mol. The smallest absolute Gasteiger partial charge is 0.334 e. The summed E-state index contributed by atoms with van der Waals surface area (Å²) in [6, 6.07) is 19.3. The minimum Gasteiger partial charge on any atom is -0.478 e. The van der Waals surface area contributed by atoms with Crippen molar-refractivity contribution < 1.29 is 19.4 Å². The molecule has 2 rings (SSSR count). The number of benzene rings is 2. The average Bonchev–Trinajstić information content (AvgIpc) is 2.67. The molecule has 4 nitrogen and oxygen atoms in total. The number of carboxylic acids is 1. The van der Waals surface area contributed by atoms with Crippen molar-refractivity contribution in [3.8, 4) is 0 Å². The van der Waals surface area contributed by atoms with Crippen molar-refractivity contribution in [3.63, 3.8) is 0 Å². The van der Waals surface area contributed by atoms with E-state index in [4.69, 9.17) is 4.74 Å². The number of hydrogen-bond acceptors (Lipinski definition) is 3. The minimum atomic E-state index is -2.37. The zero-order valence-electron chi connectivity index (χ0n) is 17.6. The highest BCUT2D eigenvalue weighted by Gasteiger charge is 2.33. The molecule has 0 bridgehead atoms. The van der Waals surface area contributed by atoms with Crippen molar-refractivity contribution in [1.82, 2.24) is 0 Å². The second-order valence-electron chi connectivity index (χ2n) is 8.06. The van der Waals surface area contributed by atoms with E-state index in [0.717, 1.165) is 23.2 Å². The third-order valence-corrected chi connectivity index (χ3v) is 7.81. The summed E-state index contributed by atoms with van der Waals surface area (Å²) in [5.41, 5.74) is -0.382. The highest BCUT2D eigenvalue weighted by Crippen LogP contribution is 2.21. The standard InChI is InChI=1S/C24H30O4Si/c1-5-6-17-20(23(27)28-24(2,3)4)21(22(25)26)29(18-13-9-7-10-14-18)19-15-11-8-12-16-19/h7-16,29H,5-6,17H2,1-4H3,(H,25,26)/b21-20-. The molecule has 0 amide bonds. The molecule has 0 saturated heterocycles. The number of hydrogen-bond donors (Lipinski definition) is 1. The molecule has 0 heterocycles. The van der Waals surface area contributed by atoms with Gasteiger partial charge in [0.05, 0.1) is 0 Å². The van der Waals surface area contributed by atoms with Gasteiger partial charge in [-0.3, -0.25) is 0 Å².